The van der Waals surface area contributed by atoms with E-state index < -0.39 is 0 Å². The van der Waals surface area contributed by atoms with Crippen molar-refractivity contribution in [3.05, 3.63) is 42.0 Å². The van der Waals surface area contributed by atoms with Gasteiger partial charge in [0.25, 0.3) is 0 Å². The molecule has 1 unspecified atom stereocenters. The molecule has 1 aromatic carbocycles. The molecular weight excluding hydrogens is 262 g/mol. The standard InChI is InChI=1S/C18H27NO2/c1-17(2,20-4)16(19)14-7-9-15(10-8-14)21-13-18(3)11-5-6-12-18/h5,7-11,16H,6,12-13,19H2,1-4H3/t16-,18?/m1/s1. The molecule has 2 rings (SSSR count). The molecule has 2 atom stereocenters. The van der Waals surface area contributed by atoms with Gasteiger partial charge in [0.2, 0.25) is 0 Å². The highest BCUT2D eigenvalue weighted by Crippen LogP contribution is 2.32. The van der Waals surface area contributed by atoms with Gasteiger partial charge in [-0.05, 0) is 44.4 Å². The molecule has 1 aliphatic carbocycles. The van der Waals surface area contributed by atoms with Crippen molar-refractivity contribution in [2.45, 2.75) is 45.3 Å². The van der Waals surface area contributed by atoms with Crippen LogP contribution in [0, 0.1) is 5.41 Å². The van der Waals surface area contributed by atoms with E-state index in [1.807, 2.05) is 38.1 Å². The molecule has 0 amide bonds. The van der Waals surface area contributed by atoms with Crippen LogP contribution in [0.4, 0.5) is 0 Å². The third-order valence-corrected chi connectivity index (χ3v) is 4.49. The Labute approximate surface area is 128 Å². The summed E-state index contributed by atoms with van der Waals surface area (Å²) in [6, 6.07) is 7.86. The second-order valence-electron chi connectivity index (χ2n) is 6.74. The lowest BCUT2D eigenvalue weighted by atomic mass is 9.91. The third-order valence-electron chi connectivity index (χ3n) is 4.49. The average molecular weight is 289 g/mol. The first-order valence-corrected chi connectivity index (χ1v) is 7.57. The molecule has 0 radical (unpaired) electrons. The number of allylic oxidation sites excluding steroid dienone is 1. The van der Waals surface area contributed by atoms with Crippen molar-refractivity contribution < 1.29 is 9.47 Å². The highest BCUT2D eigenvalue weighted by molar-refractivity contribution is 5.30. The quantitative estimate of drug-likeness (QED) is 0.809. The van der Waals surface area contributed by atoms with E-state index in [0.29, 0.717) is 0 Å². The summed E-state index contributed by atoms with van der Waals surface area (Å²) in [6.45, 7) is 6.95. The number of rotatable bonds is 6. The minimum Gasteiger partial charge on any atom is -0.493 e. The van der Waals surface area contributed by atoms with E-state index in [9.17, 15) is 0 Å². The summed E-state index contributed by atoms with van der Waals surface area (Å²) >= 11 is 0. The molecule has 0 bridgehead atoms. The zero-order valence-electron chi connectivity index (χ0n) is 13.6. The zero-order chi connectivity index (χ0) is 15.5. The lowest BCUT2D eigenvalue weighted by Gasteiger charge is -2.30. The van der Waals surface area contributed by atoms with Gasteiger partial charge < -0.3 is 15.2 Å². The van der Waals surface area contributed by atoms with Gasteiger partial charge >= 0.3 is 0 Å². The largest absolute Gasteiger partial charge is 0.493 e. The van der Waals surface area contributed by atoms with Gasteiger partial charge in [0.15, 0.2) is 0 Å². The number of hydrogen-bond donors (Lipinski definition) is 1. The predicted molar refractivity (Wildman–Crippen MR) is 86.4 cm³/mol. The summed E-state index contributed by atoms with van der Waals surface area (Å²) in [4.78, 5) is 0. The maximum Gasteiger partial charge on any atom is 0.119 e. The second-order valence-corrected chi connectivity index (χ2v) is 6.74. The lowest BCUT2D eigenvalue weighted by Crippen LogP contribution is -2.37. The van der Waals surface area contributed by atoms with Crippen molar-refractivity contribution in [2.75, 3.05) is 13.7 Å². The van der Waals surface area contributed by atoms with E-state index in [4.69, 9.17) is 15.2 Å². The topological polar surface area (TPSA) is 44.5 Å². The molecule has 0 aromatic heterocycles. The van der Waals surface area contributed by atoms with Crippen LogP contribution < -0.4 is 10.5 Å². The smallest absolute Gasteiger partial charge is 0.119 e. The van der Waals surface area contributed by atoms with Crippen molar-refractivity contribution in [3.8, 4) is 5.75 Å². The van der Waals surface area contributed by atoms with Crippen molar-refractivity contribution in [2.24, 2.45) is 11.1 Å². The van der Waals surface area contributed by atoms with Crippen LogP contribution in [0.15, 0.2) is 36.4 Å². The van der Waals surface area contributed by atoms with Crippen LogP contribution in [-0.4, -0.2) is 19.3 Å². The SMILES string of the molecule is COC(C)(C)[C@H](N)c1ccc(OCC2(C)C=CCC2)cc1. The van der Waals surface area contributed by atoms with E-state index in [1.54, 1.807) is 7.11 Å². The molecule has 1 aliphatic rings. The van der Waals surface area contributed by atoms with Crippen LogP contribution in [-0.2, 0) is 4.74 Å². The average Bonchev–Trinajstić information content (AvgIpc) is 2.92. The first kappa shape index (κ1) is 16.1. The first-order valence-electron chi connectivity index (χ1n) is 7.57. The van der Waals surface area contributed by atoms with Crippen LogP contribution in [0.1, 0.15) is 45.2 Å². The third kappa shape index (κ3) is 3.86. The van der Waals surface area contributed by atoms with E-state index in [0.717, 1.165) is 30.8 Å². The highest BCUT2D eigenvalue weighted by atomic mass is 16.5. The van der Waals surface area contributed by atoms with E-state index >= 15 is 0 Å². The molecule has 2 N–H and O–H groups in total. The minimum absolute atomic E-state index is 0.160. The van der Waals surface area contributed by atoms with Gasteiger partial charge in [-0.3, -0.25) is 0 Å². The van der Waals surface area contributed by atoms with Gasteiger partial charge in [-0.1, -0.05) is 31.2 Å². The summed E-state index contributed by atoms with van der Waals surface area (Å²) < 4.78 is 11.4. The Balaban J connectivity index is 1.97. The van der Waals surface area contributed by atoms with Gasteiger partial charge in [-0.25, -0.2) is 0 Å². The van der Waals surface area contributed by atoms with Crippen LogP contribution in [0.25, 0.3) is 0 Å². The molecule has 0 saturated carbocycles. The maximum atomic E-state index is 6.25. The van der Waals surface area contributed by atoms with Crippen LogP contribution in [0.2, 0.25) is 0 Å². The second kappa shape index (κ2) is 6.20. The van der Waals surface area contributed by atoms with E-state index in [2.05, 4.69) is 19.1 Å². The fourth-order valence-corrected chi connectivity index (χ4v) is 2.53. The molecule has 116 valence electrons. The van der Waals surface area contributed by atoms with Crippen LogP contribution >= 0.6 is 0 Å². The van der Waals surface area contributed by atoms with E-state index in [1.165, 1.54) is 0 Å². The van der Waals surface area contributed by atoms with Gasteiger partial charge in [-0.2, -0.15) is 0 Å². The molecule has 3 nitrogen and oxygen atoms in total. The number of nitrogens with two attached hydrogens (primary N) is 1. The predicted octanol–water partition coefficient (Wildman–Crippen LogP) is 3.85. The molecule has 21 heavy (non-hydrogen) atoms. The maximum absolute atomic E-state index is 6.25. The number of hydrogen-bond acceptors (Lipinski definition) is 3. The highest BCUT2D eigenvalue weighted by Gasteiger charge is 2.27. The molecule has 0 spiro atoms. The van der Waals surface area contributed by atoms with Crippen LogP contribution in [0.5, 0.6) is 5.75 Å². The monoisotopic (exact) mass is 289 g/mol. The van der Waals surface area contributed by atoms with Crippen molar-refractivity contribution in [3.63, 3.8) is 0 Å². The Morgan fingerprint density at radius 2 is 1.95 bits per heavy atom. The van der Waals surface area contributed by atoms with Crippen LogP contribution in [0.3, 0.4) is 0 Å². The van der Waals surface area contributed by atoms with Crippen molar-refractivity contribution in [1.29, 1.82) is 0 Å². The van der Waals surface area contributed by atoms with Gasteiger partial charge in [-0.15, -0.1) is 0 Å². The summed E-state index contributed by atoms with van der Waals surface area (Å²) in [5.41, 5.74) is 7.10. The van der Waals surface area contributed by atoms with Gasteiger partial charge in [0.1, 0.15) is 5.75 Å². The summed E-state index contributed by atoms with van der Waals surface area (Å²) in [6.07, 6.45) is 6.81. The van der Waals surface area contributed by atoms with Gasteiger partial charge in [0.05, 0.1) is 18.2 Å². The number of benzene rings is 1. The molecule has 3 heteroatoms. The molecule has 0 saturated heterocycles. The molecular formula is C18H27NO2. The number of ether oxygens (including phenoxy) is 2. The van der Waals surface area contributed by atoms with Gasteiger partial charge in [0, 0.05) is 12.5 Å². The zero-order valence-corrected chi connectivity index (χ0v) is 13.6. The fourth-order valence-electron chi connectivity index (χ4n) is 2.53. The Morgan fingerprint density at radius 1 is 1.29 bits per heavy atom. The summed E-state index contributed by atoms with van der Waals surface area (Å²) in [5, 5.41) is 0. The van der Waals surface area contributed by atoms with Crippen molar-refractivity contribution in [1.82, 2.24) is 0 Å². The Bertz CT molecular complexity index is 492. The lowest BCUT2D eigenvalue weighted by molar-refractivity contribution is -0.0000469. The molecule has 0 heterocycles. The van der Waals surface area contributed by atoms with E-state index in [-0.39, 0.29) is 17.1 Å². The molecule has 0 aliphatic heterocycles. The summed E-state index contributed by atoms with van der Waals surface area (Å²) in [5.74, 6) is 0.891. The number of methoxy groups -OCH3 is 1. The Hall–Kier alpha value is -1.32. The first-order chi connectivity index (χ1) is 9.86. The minimum atomic E-state index is -0.384. The Morgan fingerprint density at radius 3 is 2.48 bits per heavy atom. The van der Waals surface area contributed by atoms with Crippen molar-refractivity contribution >= 4 is 0 Å². The Kier molecular flexibility index (Phi) is 4.74. The molecule has 1 aromatic rings. The summed E-state index contributed by atoms with van der Waals surface area (Å²) in [7, 11) is 1.69. The fraction of sp³-hybridized carbons (Fsp3) is 0.556. The normalized spacial score (nSPS) is 23.3. The molecule has 0 fully saturated rings.